The molecule has 1 atom stereocenters. The molecule has 112 valence electrons. The van der Waals surface area contributed by atoms with Crippen LogP contribution in [0.2, 0.25) is 0 Å². The molecular weight excluding hydrogens is 295 g/mol. The van der Waals surface area contributed by atoms with Crippen molar-refractivity contribution in [2.45, 2.75) is 11.0 Å². The maximum absolute atomic E-state index is 13.5. The van der Waals surface area contributed by atoms with Gasteiger partial charge >= 0.3 is 0 Å². The van der Waals surface area contributed by atoms with Gasteiger partial charge in [0, 0.05) is 11.8 Å². The highest BCUT2D eigenvalue weighted by atomic mass is 32.2. The first-order valence-corrected chi connectivity index (χ1v) is 8.12. The number of rotatable bonds is 5. The van der Waals surface area contributed by atoms with Crippen LogP contribution in [0.1, 0.15) is 11.7 Å². The van der Waals surface area contributed by atoms with Crippen LogP contribution >= 0.6 is 0 Å². The topological polar surface area (TPSA) is 63.6 Å². The number of aliphatic hydroxyl groups excluding tert-OH is 1. The maximum Gasteiger partial charge on any atom is 0.175 e. The van der Waals surface area contributed by atoms with Gasteiger partial charge in [-0.3, -0.25) is 0 Å². The Morgan fingerprint density at radius 3 is 2.57 bits per heavy atom. The molecule has 0 fully saturated rings. The van der Waals surface area contributed by atoms with Crippen molar-refractivity contribution in [3.63, 3.8) is 0 Å². The van der Waals surface area contributed by atoms with Gasteiger partial charge in [0.1, 0.15) is 24.3 Å². The minimum Gasteiger partial charge on any atom is -0.490 e. The third-order valence-corrected chi connectivity index (χ3v) is 4.02. The van der Waals surface area contributed by atoms with E-state index in [0.717, 1.165) is 6.26 Å². The molecule has 0 heterocycles. The minimum atomic E-state index is -3.33. The summed E-state index contributed by atoms with van der Waals surface area (Å²) < 4.78 is 41.7. The summed E-state index contributed by atoms with van der Waals surface area (Å²) in [6, 6.07) is 11.8. The zero-order valence-electron chi connectivity index (χ0n) is 11.4. The molecule has 6 heteroatoms. The quantitative estimate of drug-likeness (QED) is 0.920. The van der Waals surface area contributed by atoms with Crippen molar-refractivity contribution < 1.29 is 22.7 Å². The van der Waals surface area contributed by atoms with E-state index in [-0.39, 0.29) is 17.1 Å². The van der Waals surface area contributed by atoms with Crippen LogP contribution in [0, 0.1) is 5.82 Å². The minimum absolute atomic E-state index is 0.125. The van der Waals surface area contributed by atoms with Crippen LogP contribution in [-0.2, 0) is 9.84 Å². The summed E-state index contributed by atoms with van der Waals surface area (Å²) in [5.41, 5.74) is 0.136. The van der Waals surface area contributed by atoms with Gasteiger partial charge in [-0.25, -0.2) is 12.8 Å². The summed E-state index contributed by atoms with van der Waals surface area (Å²) >= 11 is 0. The van der Waals surface area contributed by atoms with Gasteiger partial charge in [0.15, 0.2) is 9.84 Å². The number of hydrogen-bond donors (Lipinski definition) is 1. The molecule has 21 heavy (non-hydrogen) atoms. The van der Waals surface area contributed by atoms with Gasteiger partial charge in [0.25, 0.3) is 0 Å². The molecule has 0 aliphatic rings. The van der Waals surface area contributed by atoms with Gasteiger partial charge in [0.05, 0.1) is 4.90 Å². The summed E-state index contributed by atoms with van der Waals surface area (Å²) in [4.78, 5) is 0.125. The van der Waals surface area contributed by atoms with Gasteiger partial charge in [0.2, 0.25) is 0 Å². The van der Waals surface area contributed by atoms with Crippen molar-refractivity contribution >= 4 is 9.84 Å². The van der Waals surface area contributed by atoms with Crippen molar-refractivity contribution in [3.8, 4) is 5.75 Å². The monoisotopic (exact) mass is 310 g/mol. The first kappa shape index (κ1) is 15.5. The Balaban J connectivity index is 2.09. The number of ether oxygens (including phenoxy) is 1. The van der Waals surface area contributed by atoms with E-state index >= 15 is 0 Å². The molecule has 0 saturated carbocycles. The number of halogens is 1. The molecule has 1 unspecified atom stereocenters. The SMILES string of the molecule is CS(=O)(=O)c1cccc(OCC(O)c2ccccc2F)c1. The number of aliphatic hydroxyl groups is 1. The summed E-state index contributed by atoms with van der Waals surface area (Å²) in [7, 11) is -3.33. The molecule has 0 amide bonds. The fourth-order valence-corrected chi connectivity index (χ4v) is 2.46. The summed E-state index contributed by atoms with van der Waals surface area (Å²) in [5.74, 6) is -0.216. The average Bonchev–Trinajstić information content (AvgIpc) is 2.45. The van der Waals surface area contributed by atoms with Crippen molar-refractivity contribution in [1.82, 2.24) is 0 Å². The van der Waals surface area contributed by atoms with Gasteiger partial charge in [-0.05, 0) is 24.3 Å². The highest BCUT2D eigenvalue weighted by molar-refractivity contribution is 7.90. The largest absolute Gasteiger partial charge is 0.490 e. The van der Waals surface area contributed by atoms with E-state index < -0.39 is 21.8 Å². The molecule has 1 N–H and O–H groups in total. The van der Waals surface area contributed by atoms with Crippen LogP contribution in [0.25, 0.3) is 0 Å². The highest BCUT2D eigenvalue weighted by Crippen LogP contribution is 2.21. The van der Waals surface area contributed by atoms with Gasteiger partial charge in [-0.1, -0.05) is 24.3 Å². The standard InChI is InChI=1S/C15H15FO4S/c1-21(18,19)12-6-4-5-11(9-12)20-10-15(17)13-7-2-3-8-14(13)16/h2-9,15,17H,10H2,1H3. The number of sulfone groups is 1. The van der Waals surface area contributed by atoms with E-state index in [1.54, 1.807) is 18.2 Å². The number of benzene rings is 2. The first-order valence-electron chi connectivity index (χ1n) is 6.23. The fraction of sp³-hybridized carbons (Fsp3) is 0.200. The number of hydrogen-bond acceptors (Lipinski definition) is 4. The van der Waals surface area contributed by atoms with Crippen molar-refractivity contribution in [1.29, 1.82) is 0 Å². The molecular formula is C15H15FO4S. The molecule has 2 aromatic rings. The molecule has 2 aromatic carbocycles. The van der Waals surface area contributed by atoms with Crippen LogP contribution in [0.3, 0.4) is 0 Å². The Hall–Kier alpha value is -1.92. The Bertz CT molecular complexity index is 728. The van der Waals surface area contributed by atoms with Gasteiger partial charge in [-0.15, -0.1) is 0 Å². The summed E-state index contributed by atoms with van der Waals surface area (Å²) in [6.45, 7) is -0.172. The lowest BCUT2D eigenvalue weighted by Gasteiger charge is -2.13. The molecule has 0 bridgehead atoms. The van der Waals surface area contributed by atoms with Gasteiger partial charge < -0.3 is 9.84 Å². The van der Waals surface area contributed by atoms with E-state index in [4.69, 9.17) is 4.74 Å². The third kappa shape index (κ3) is 4.03. The summed E-state index contributed by atoms with van der Waals surface area (Å²) in [5, 5.41) is 9.91. The maximum atomic E-state index is 13.5. The molecule has 0 saturated heterocycles. The van der Waals surface area contributed by atoms with Crippen LogP contribution in [0.4, 0.5) is 4.39 Å². The predicted molar refractivity (Wildman–Crippen MR) is 76.4 cm³/mol. The van der Waals surface area contributed by atoms with Crippen molar-refractivity contribution in [2.24, 2.45) is 0 Å². The van der Waals surface area contributed by atoms with Crippen molar-refractivity contribution in [2.75, 3.05) is 12.9 Å². The second kappa shape index (κ2) is 6.24. The second-order valence-corrected chi connectivity index (χ2v) is 6.61. The molecule has 0 spiro atoms. The summed E-state index contributed by atoms with van der Waals surface area (Å²) in [6.07, 6.45) is -0.0339. The van der Waals surface area contributed by atoms with Gasteiger partial charge in [-0.2, -0.15) is 0 Å². The van der Waals surface area contributed by atoms with Crippen LogP contribution in [-0.4, -0.2) is 26.4 Å². The van der Waals surface area contributed by atoms with E-state index in [0.29, 0.717) is 5.75 Å². The highest BCUT2D eigenvalue weighted by Gasteiger charge is 2.14. The van der Waals surface area contributed by atoms with Crippen LogP contribution < -0.4 is 4.74 Å². The van der Waals surface area contributed by atoms with Crippen molar-refractivity contribution in [3.05, 3.63) is 59.9 Å². The fourth-order valence-electron chi connectivity index (χ4n) is 1.80. The molecule has 0 aliphatic heterocycles. The predicted octanol–water partition coefficient (Wildman–Crippen LogP) is 2.34. The zero-order chi connectivity index (χ0) is 15.5. The Morgan fingerprint density at radius 2 is 1.90 bits per heavy atom. The van der Waals surface area contributed by atoms with E-state index in [9.17, 15) is 17.9 Å². The van der Waals surface area contributed by atoms with E-state index in [1.165, 1.54) is 30.3 Å². The molecule has 2 rings (SSSR count). The second-order valence-electron chi connectivity index (χ2n) is 4.60. The molecule has 4 nitrogen and oxygen atoms in total. The first-order chi connectivity index (χ1) is 9.88. The lowest BCUT2D eigenvalue weighted by Crippen LogP contribution is -2.11. The van der Waals surface area contributed by atoms with E-state index in [1.807, 2.05) is 0 Å². The Morgan fingerprint density at radius 1 is 1.19 bits per heavy atom. The molecule has 0 aromatic heterocycles. The lowest BCUT2D eigenvalue weighted by atomic mass is 10.1. The zero-order valence-corrected chi connectivity index (χ0v) is 12.2. The average molecular weight is 310 g/mol. The molecule has 0 aliphatic carbocycles. The molecule has 0 radical (unpaired) electrons. The van der Waals surface area contributed by atoms with Crippen LogP contribution in [0.5, 0.6) is 5.75 Å². The normalized spacial score (nSPS) is 12.9. The Kier molecular flexibility index (Phi) is 4.59. The Labute approximate surface area is 122 Å². The van der Waals surface area contributed by atoms with E-state index in [2.05, 4.69) is 0 Å². The lowest BCUT2D eigenvalue weighted by molar-refractivity contribution is 0.105. The smallest absolute Gasteiger partial charge is 0.175 e. The van der Waals surface area contributed by atoms with Crippen LogP contribution in [0.15, 0.2) is 53.4 Å². The third-order valence-electron chi connectivity index (χ3n) is 2.91.